The van der Waals surface area contributed by atoms with Crippen LogP contribution >= 0.6 is 0 Å². The van der Waals surface area contributed by atoms with Gasteiger partial charge in [0, 0.05) is 49.9 Å². The molecule has 0 aliphatic rings. The Morgan fingerprint density at radius 3 is 1.42 bits per heavy atom. The molecule has 3 nitrogen and oxygen atoms in total. The van der Waals surface area contributed by atoms with Crippen molar-refractivity contribution in [1.82, 2.24) is 9.97 Å². The minimum atomic E-state index is 0.930. The van der Waals surface area contributed by atoms with Gasteiger partial charge >= 0.3 is 0 Å². The molecule has 0 unspecified atom stereocenters. The summed E-state index contributed by atoms with van der Waals surface area (Å²) < 4.78 is 0. The molecule has 0 bridgehead atoms. The molecule has 0 aliphatic heterocycles. The largest absolute Gasteiger partial charge is 0.310 e. The molecule has 0 saturated heterocycles. The number of benzene rings is 8. The lowest BCUT2D eigenvalue weighted by atomic mass is 9.88. The number of aromatic nitrogens is 2. The molecule has 0 spiro atoms. The van der Waals surface area contributed by atoms with E-state index in [0.29, 0.717) is 0 Å². The van der Waals surface area contributed by atoms with Crippen LogP contribution in [0.25, 0.3) is 77.3 Å². The molecule has 55 heavy (non-hydrogen) atoms. The van der Waals surface area contributed by atoms with Crippen molar-refractivity contribution in [3.05, 3.63) is 212 Å². The second-order valence-corrected chi connectivity index (χ2v) is 13.8. The fraction of sp³-hybridized carbons (Fsp3) is 0. The highest BCUT2D eigenvalue weighted by atomic mass is 15.1. The van der Waals surface area contributed by atoms with Crippen molar-refractivity contribution in [3.8, 4) is 44.9 Å². The minimum absolute atomic E-state index is 0.930. The van der Waals surface area contributed by atoms with Gasteiger partial charge in [-0.25, -0.2) is 9.97 Å². The van der Waals surface area contributed by atoms with Gasteiger partial charge in [-0.1, -0.05) is 158 Å². The highest BCUT2D eigenvalue weighted by Crippen LogP contribution is 2.45. The summed E-state index contributed by atoms with van der Waals surface area (Å²) in [5, 5.41) is 5.79. The molecular formula is C52H35N3. The summed E-state index contributed by atoms with van der Waals surface area (Å²) >= 11 is 0. The van der Waals surface area contributed by atoms with Gasteiger partial charge in [-0.05, 0) is 76.5 Å². The quantitative estimate of drug-likeness (QED) is 0.155. The van der Waals surface area contributed by atoms with Crippen LogP contribution in [0.4, 0.5) is 17.1 Å². The van der Waals surface area contributed by atoms with E-state index in [1.165, 1.54) is 16.2 Å². The fourth-order valence-electron chi connectivity index (χ4n) is 7.85. The molecule has 258 valence electrons. The smallest absolute Gasteiger partial charge is 0.0794 e. The van der Waals surface area contributed by atoms with Gasteiger partial charge in [0.05, 0.1) is 22.6 Å². The summed E-state index contributed by atoms with van der Waals surface area (Å²) in [6, 6.07) is 75.0. The number of hydrogen-bond acceptors (Lipinski definition) is 3. The van der Waals surface area contributed by atoms with Crippen LogP contribution < -0.4 is 4.90 Å². The minimum Gasteiger partial charge on any atom is -0.310 e. The Labute approximate surface area is 320 Å². The van der Waals surface area contributed by atoms with Crippen LogP contribution in [0.3, 0.4) is 0 Å². The van der Waals surface area contributed by atoms with Crippen LogP contribution in [0.5, 0.6) is 0 Å². The number of para-hydroxylation sites is 2. The van der Waals surface area contributed by atoms with Crippen molar-refractivity contribution >= 4 is 49.5 Å². The van der Waals surface area contributed by atoms with Crippen molar-refractivity contribution in [2.24, 2.45) is 0 Å². The first kappa shape index (κ1) is 32.3. The van der Waals surface area contributed by atoms with E-state index in [9.17, 15) is 0 Å². The maximum atomic E-state index is 5.62. The monoisotopic (exact) mass is 701 g/mol. The summed E-state index contributed by atoms with van der Waals surface area (Å²) in [4.78, 5) is 13.1. The molecule has 8 aromatic carbocycles. The molecule has 10 aromatic rings. The highest BCUT2D eigenvalue weighted by molar-refractivity contribution is 6.26. The third-order valence-corrected chi connectivity index (χ3v) is 10.4. The summed E-state index contributed by atoms with van der Waals surface area (Å²) in [5.74, 6) is 0. The molecule has 10 rings (SSSR count). The van der Waals surface area contributed by atoms with Gasteiger partial charge < -0.3 is 4.90 Å². The van der Waals surface area contributed by atoms with Crippen LogP contribution in [0.2, 0.25) is 0 Å². The Balaban J connectivity index is 1.31. The summed E-state index contributed by atoms with van der Waals surface area (Å²) in [6.45, 7) is 0. The van der Waals surface area contributed by atoms with Crippen molar-refractivity contribution in [2.45, 2.75) is 0 Å². The first-order chi connectivity index (χ1) is 27.3. The van der Waals surface area contributed by atoms with Crippen molar-refractivity contribution in [2.75, 3.05) is 4.90 Å². The predicted molar refractivity (Wildman–Crippen MR) is 231 cm³/mol. The number of fused-ring (bicyclic) bond motifs is 5. The lowest BCUT2D eigenvalue weighted by Gasteiger charge is -2.26. The third-order valence-electron chi connectivity index (χ3n) is 10.4. The zero-order chi connectivity index (χ0) is 36.6. The Kier molecular flexibility index (Phi) is 8.16. The number of rotatable bonds is 7. The van der Waals surface area contributed by atoms with E-state index in [1.54, 1.807) is 0 Å². The van der Waals surface area contributed by atoms with E-state index in [2.05, 4.69) is 217 Å². The topological polar surface area (TPSA) is 29.0 Å². The van der Waals surface area contributed by atoms with Crippen LogP contribution in [0, 0.1) is 0 Å². The van der Waals surface area contributed by atoms with Gasteiger partial charge in [-0.15, -0.1) is 0 Å². The maximum absolute atomic E-state index is 5.62. The van der Waals surface area contributed by atoms with Crippen LogP contribution in [-0.2, 0) is 0 Å². The summed E-state index contributed by atoms with van der Waals surface area (Å²) in [6.07, 6.45) is 0. The molecule has 0 radical (unpaired) electrons. The molecule has 0 N–H and O–H groups in total. The van der Waals surface area contributed by atoms with Gasteiger partial charge in [-0.2, -0.15) is 0 Å². The van der Waals surface area contributed by atoms with E-state index < -0.39 is 0 Å². The van der Waals surface area contributed by atoms with E-state index in [1.807, 2.05) is 0 Å². The SMILES string of the molecule is c1ccc(-c2cc(-c3cc4ccccc4c4c3c(-c3ccccc3)nc3cc(N(c5ccccc5)c5ccccc5)ccc34)cc(-c3ccccc3)n2)cc1. The van der Waals surface area contributed by atoms with Crippen LogP contribution in [-0.4, -0.2) is 9.97 Å². The predicted octanol–water partition coefficient (Wildman–Crippen LogP) is 14.1. The van der Waals surface area contributed by atoms with Gasteiger partial charge in [-0.3, -0.25) is 0 Å². The number of pyridine rings is 2. The molecule has 3 heteroatoms. The van der Waals surface area contributed by atoms with Crippen LogP contribution in [0.15, 0.2) is 212 Å². The maximum Gasteiger partial charge on any atom is 0.0794 e. The average molecular weight is 702 g/mol. The lowest BCUT2D eigenvalue weighted by molar-refractivity contribution is 1.28. The van der Waals surface area contributed by atoms with E-state index in [-0.39, 0.29) is 0 Å². The van der Waals surface area contributed by atoms with Gasteiger partial charge in [0.1, 0.15) is 0 Å². The fourth-order valence-corrected chi connectivity index (χ4v) is 7.85. The number of nitrogens with zero attached hydrogens (tertiary/aromatic N) is 3. The average Bonchev–Trinajstić information content (AvgIpc) is 3.27. The Morgan fingerprint density at radius 2 is 0.836 bits per heavy atom. The molecule has 0 fully saturated rings. The third kappa shape index (κ3) is 5.98. The number of anilines is 3. The zero-order valence-corrected chi connectivity index (χ0v) is 30.0. The second kappa shape index (κ2) is 13.9. The molecule has 0 aliphatic carbocycles. The van der Waals surface area contributed by atoms with E-state index >= 15 is 0 Å². The molecule has 0 saturated carbocycles. The zero-order valence-electron chi connectivity index (χ0n) is 30.0. The molecule has 2 aromatic heterocycles. The van der Waals surface area contributed by atoms with Crippen molar-refractivity contribution < 1.29 is 0 Å². The Bertz CT molecular complexity index is 2850. The van der Waals surface area contributed by atoms with Gasteiger partial charge in [0.25, 0.3) is 0 Å². The van der Waals surface area contributed by atoms with Crippen molar-refractivity contribution in [3.63, 3.8) is 0 Å². The Hall–Kier alpha value is -7.36. The standard InChI is InChI=1S/C52H35N3/c1-6-18-36(19-7-1)47-33-40(34-48(53-47)37-20-8-2-9-21-37)46-32-39-24-16-17-29-44(39)50-45-31-30-43(35-49(45)54-52(51(46)50)38-22-10-3-11-23-38)55(41-25-12-4-13-26-41)42-27-14-5-15-28-42/h1-35H. The highest BCUT2D eigenvalue weighted by Gasteiger charge is 2.21. The van der Waals surface area contributed by atoms with E-state index in [0.717, 1.165) is 78.3 Å². The molecule has 2 heterocycles. The lowest BCUT2D eigenvalue weighted by Crippen LogP contribution is -2.09. The molecular weight excluding hydrogens is 667 g/mol. The van der Waals surface area contributed by atoms with Crippen LogP contribution in [0.1, 0.15) is 0 Å². The number of hydrogen-bond donors (Lipinski definition) is 0. The Morgan fingerprint density at radius 1 is 0.327 bits per heavy atom. The second-order valence-electron chi connectivity index (χ2n) is 13.8. The van der Waals surface area contributed by atoms with E-state index in [4.69, 9.17) is 9.97 Å². The normalized spacial score (nSPS) is 11.3. The summed E-state index contributed by atoms with van der Waals surface area (Å²) in [7, 11) is 0. The first-order valence-corrected chi connectivity index (χ1v) is 18.7. The van der Waals surface area contributed by atoms with Crippen molar-refractivity contribution in [1.29, 1.82) is 0 Å². The first-order valence-electron chi connectivity index (χ1n) is 18.7. The molecule has 0 atom stereocenters. The van der Waals surface area contributed by atoms with Gasteiger partial charge in [0.15, 0.2) is 0 Å². The summed E-state index contributed by atoms with van der Waals surface area (Å²) in [5.41, 5.74) is 12.4. The molecule has 0 amide bonds. The van der Waals surface area contributed by atoms with Gasteiger partial charge in [0.2, 0.25) is 0 Å².